The Morgan fingerprint density at radius 2 is 2.00 bits per heavy atom. The van der Waals surface area contributed by atoms with Crippen molar-refractivity contribution in [3.05, 3.63) is 36.0 Å². The second-order valence-electron chi connectivity index (χ2n) is 3.35. The molecule has 4 heteroatoms. The van der Waals surface area contributed by atoms with Crippen molar-refractivity contribution in [1.82, 2.24) is 5.16 Å². The highest BCUT2D eigenvalue weighted by Gasteiger charge is 2.14. The molecule has 2 rings (SSSR count). The topological polar surface area (TPSA) is 52.3 Å². The molecule has 1 aromatic heterocycles. The summed E-state index contributed by atoms with van der Waals surface area (Å²) in [5, 5.41) is 3.64. The fraction of sp³-hybridized carbons (Fsp3) is 0.167. The molecular formula is C12H11NO3. The first-order valence-corrected chi connectivity index (χ1v) is 4.82. The Bertz CT molecular complexity index is 499. The number of hydrogen-bond donors (Lipinski definition) is 0. The van der Waals surface area contributed by atoms with Crippen LogP contribution in [0.25, 0.3) is 11.3 Å². The number of benzene rings is 1. The van der Waals surface area contributed by atoms with Gasteiger partial charge < -0.3 is 9.26 Å². The van der Waals surface area contributed by atoms with Gasteiger partial charge in [-0.1, -0.05) is 5.16 Å². The van der Waals surface area contributed by atoms with Crippen LogP contribution < -0.4 is 4.74 Å². The van der Waals surface area contributed by atoms with Crippen molar-refractivity contribution in [3.63, 3.8) is 0 Å². The van der Waals surface area contributed by atoms with E-state index in [9.17, 15) is 4.79 Å². The molecule has 0 aliphatic carbocycles. The first-order chi connectivity index (χ1) is 7.72. The molecule has 0 saturated carbocycles. The zero-order valence-electron chi connectivity index (χ0n) is 9.06. The molecule has 0 aliphatic heterocycles. The van der Waals surface area contributed by atoms with Gasteiger partial charge in [0.15, 0.2) is 11.5 Å². The van der Waals surface area contributed by atoms with Gasteiger partial charge in [-0.3, -0.25) is 4.79 Å². The second-order valence-corrected chi connectivity index (χ2v) is 3.35. The number of methoxy groups -OCH3 is 1. The largest absolute Gasteiger partial charge is 0.497 e. The van der Waals surface area contributed by atoms with Crippen molar-refractivity contribution in [1.29, 1.82) is 0 Å². The molecule has 0 bridgehead atoms. The lowest BCUT2D eigenvalue weighted by atomic mass is 10.1. The zero-order chi connectivity index (χ0) is 11.5. The Morgan fingerprint density at radius 3 is 2.56 bits per heavy atom. The van der Waals surface area contributed by atoms with Crippen LogP contribution in [0.2, 0.25) is 0 Å². The maximum atomic E-state index is 11.3. The summed E-state index contributed by atoms with van der Waals surface area (Å²) in [4.78, 5) is 11.3. The molecule has 0 amide bonds. The van der Waals surface area contributed by atoms with E-state index in [-0.39, 0.29) is 5.78 Å². The number of ketones is 1. The van der Waals surface area contributed by atoms with E-state index in [2.05, 4.69) is 5.16 Å². The van der Waals surface area contributed by atoms with E-state index in [0.717, 1.165) is 11.3 Å². The Labute approximate surface area is 92.8 Å². The molecule has 0 N–H and O–H groups in total. The summed E-state index contributed by atoms with van der Waals surface area (Å²) in [6, 6.07) is 7.26. The van der Waals surface area contributed by atoms with Crippen molar-refractivity contribution in [2.24, 2.45) is 0 Å². The summed E-state index contributed by atoms with van der Waals surface area (Å²) >= 11 is 0. The van der Waals surface area contributed by atoms with Crippen molar-refractivity contribution in [3.8, 4) is 17.1 Å². The molecule has 0 spiro atoms. The standard InChI is InChI=1S/C12H11NO3/c1-8(14)11-7-13-16-12(11)9-3-5-10(15-2)6-4-9/h3-7H,1-2H3. The van der Waals surface area contributed by atoms with Crippen LogP contribution in [0, 0.1) is 0 Å². The molecule has 0 unspecified atom stereocenters. The van der Waals surface area contributed by atoms with E-state index >= 15 is 0 Å². The van der Waals surface area contributed by atoms with Gasteiger partial charge in [0.1, 0.15) is 5.75 Å². The highest BCUT2D eigenvalue weighted by molar-refractivity contribution is 5.99. The summed E-state index contributed by atoms with van der Waals surface area (Å²) in [5.74, 6) is 1.19. The quantitative estimate of drug-likeness (QED) is 0.741. The van der Waals surface area contributed by atoms with Gasteiger partial charge >= 0.3 is 0 Å². The number of rotatable bonds is 3. The normalized spacial score (nSPS) is 10.1. The SMILES string of the molecule is COc1ccc(-c2oncc2C(C)=O)cc1. The van der Waals surface area contributed by atoms with Crippen molar-refractivity contribution in [2.45, 2.75) is 6.92 Å². The monoisotopic (exact) mass is 217 g/mol. The van der Waals surface area contributed by atoms with Crippen molar-refractivity contribution in [2.75, 3.05) is 7.11 Å². The van der Waals surface area contributed by atoms with Gasteiger partial charge in [0.25, 0.3) is 0 Å². The number of Topliss-reactive ketones (excluding diaryl/α,β-unsaturated/α-hetero) is 1. The number of carbonyl (C=O) groups is 1. The van der Waals surface area contributed by atoms with Gasteiger partial charge in [0, 0.05) is 5.56 Å². The smallest absolute Gasteiger partial charge is 0.177 e. The summed E-state index contributed by atoms with van der Waals surface area (Å²) in [7, 11) is 1.60. The third-order valence-electron chi connectivity index (χ3n) is 2.30. The highest BCUT2D eigenvalue weighted by atomic mass is 16.5. The summed E-state index contributed by atoms with van der Waals surface area (Å²) < 4.78 is 10.1. The Balaban J connectivity index is 2.42. The first kappa shape index (κ1) is 10.4. The van der Waals surface area contributed by atoms with Crippen LogP contribution in [-0.2, 0) is 0 Å². The van der Waals surface area contributed by atoms with Crippen LogP contribution in [0.1, 0.15) is 17.3 Å². The molecule has 0 atom stereocenters. The molecule has 4 nitrogen and oxygen atoms in total. The summed E-state index contributed by atoms with van der Waals surface area (Å²) in [6.45, 7) is 1.49. The maximum absolute atomic E-state index is 11.3. The lowest BCUT2D eigenvalue weighted by Gasteiger charge is -2.01. The molecule has 0 radical (unpaired) electrons. The van der Waals surface area contributed by atoms with Crippen LogP contribution in [0.5, 0.6) is 5.75 Å². The fourth-order valence-electron chi connectivity index (χ4n) is 1.44. The van der Waals surface area contributed by atoms with E-state index in [0.29, 0.717) is 11.3 Å². The minimum atomic E-state index is -0.0629. The Morgan fingerprint density at radius 1 is 1.31 bits per heavy atom. The fourth-order valence-corrected chi connectivity index (χ4v) is 1.44. The number of carbonyl (C=O) groups excluding carboxylic acids is 1. The molecule has 82 valence electrons. The van der Waals surface area contributed by atoms with E-state index in [1.54, 1.807) is 7.11 Å². The van der Waals surface area contributed by atoms with Crippen molar-refractivity contribution >= 4 is 5.78 Å². The van der Waals surface area contributed by atoms with E-state index in [1.807, 2.05) is 24.3 Å². The van der Waals surface area contributed by atoms with E-state index in [4.69, 9.17) is 9.26 Å². The van der Waals surface area contributed by atoms with Gasteiger partial charge in [-0.15, -0.1) is 0 Å². The van der Waals surface area contributed by atoms with Gasteiger partial charge in [0.05, 0.1) is 18.9 Å². The predicted molar refractivity (Wildman–Crippen MR) is 58.5 cm³/mol. The average molecular weight is 217 g/mol. The average Bonchev–Trinajstić information content (AvgIpc) is 2.78. The predicted octanol–water partition coefficient (Wildman–Crippen LogP) is 2.55. The molecule has 16 heavy (non-hydrogen) atoms. The van der Waals surface area contributed by atoms with E-state index in [1.165, 1.54) is 13.1 Å². The molecule has 0 fully saturated rings. The molecule has 0 aliphatic rings. The molecular weight excluding hydrogens is 206 g/mol. The van der Waals surface area contributed by atoms with Gasteiger partial charge in [0.2, 0.25) is 0 Å². The summed E-state index contributed by atoms with van der Waals surface area (Å²) in [6.07, 6.45) is 1.43. The number of aromatic nitrogens is 1. The third-order valence-corrected chi connectivity index (χ3v) is 2.30. The lowest BCUT2D eigenvalue weighted by molar-refractivity contribution is 0.101. The lowest BCUT2D eigenvalue weighted by Crippen LogP contribution is -1.91. The highest BCUT2D eigenvalue weighted by Crippen LogP contribution is 2.25. The minimum Gasteiger partial charge on any atom is -0.497 e. The molecule has 1 heterocycles. The maximum Gasteiger partial charge on any atom is 0.177 e. The number of hydrogen-bond acceptors (Lipinski definition) is 4. The zero-order valence-corrected chi connectivity index (χ0v) is 9.06. The van der Waals surface area contributed by atoms with Gasteiger partial charge in [-0.05, 0) is 31.2 Å². The van der Waals surface area contributed by atoms with Crippen LogP contribution >= 0.6 is 0 Å². The van der Waals surface area contributed by atoms with E-state index < -0.39 is 0 Å². The Hall–Kier alpha value is -2.10. The summed E-state index contributed by atoms with van der Waals surface area (Å²) in [5.41, 5.74) is 1.30. The Kier molecular flexibility index (Phi) is 2.72. The minimum absolute atomic E-state index is 0.0629. The number of nitrogens with zero attached hydrogens (tertiary/aromatic N) is 1. The van der Waals surface area contributed by atoms with Crippen LogP contribution in [0.15, 0.2) is 35.0 Å². The van der Waals surface area contributed by atoms with Crippen LogP contribution in [0.4, 0.5) is 0 Å². The van der Waals surface area contributed by atoms with Crippen molar-refractivity contribution < 1.29 is 14.1 Å². The van der Waals surface area contributed by atoms with Gasteiger partial charge in [-0.25, -0.2) is 0 Å². The molecule has 2 aromatic rings. The number of ether oxygens (including phenoxy) is 1. The molecule has 0 saturated heterocycles. The molecule has 1 aromatic carbocycles. The van der Waals surface area contributed by atoms with Gasteiger partial charge in [-0.2, -0.15) is 0 Å². The third kappa shape index (κ3) is 1.82. The van der Waals surface area contributed by atoms with Crippen LogP contribution in [-0.4, -0.2) is 18.0 Å². The second kappa shape index (κ2) is 4.18. The first-order valence-electron chi connectivity index (χ1n) is 4.82. The van der Waals surface area contributed by atoms with Crippen LogP contribution in [0.3, 0.4) is 0 Å².